The summed E-state index contributed by atoms with van der Waals surface area (Å²) >= 11 is 3.65. The molecule has 0 radical (unpaired) electrons. The second-order valence-corrected chi connectivity index (χ2v) is 11.3. The molecule has 1 heterocycles. The van der Waals surface area contributed by atoms with Crippen molar-refractivity contribution < 1.29 is 14.3 Å². The van der Waals surface area contributed by atoms with E-state index in [9.17, 15) is 4.79 Å². The number of amides is 1. The quantitative estimate of drug-likeness (QED) is 0.174. The van der Waals surface area contributed by atoms with Crippen molar-refractivity contribution >= 4 is 62.9 Å². The van der Waals surface area contributed by atoms with Crippen LogP contribution in [0.15, 0.2) is 70.6 Å². The number of thioether (sulfide) groups is 1. The van der Waals surface area contributed by atoms with Gasteiger partial charge in [0.25, 0.3) is 5.91 Å². The Kier molecular flexibility index (Phi) is 9.54. The largest absolute Gasteiger partial charge is 0.490 e. The molecule has 1 aliphatic rings. The number of carbonyl (C=O) groups excluding carboxylic acids is 1. The number of carbonyl (C=O) groups is 1. The molecule has 3 aromatic rings. The molecule has 1 saturated heterocycles. The molecule has 198 valence electrons. The number of hydrogen-bond donors (Lipinski definition) is 0. The second kappa shape index (κ2) is 12.8. The van der Waals surface area contributed by atoms with Crippen LogP contribution in [0.3, 0.4) is 0 Å². The highest BCUT2D eigenvalue weighted by Gasteiger charge is 2.35. The SMILES string of the molecule is CCOc1cc(/C=C2\SC(=Nc3ccc(CC)cc3)N(c3ccc(CC)cc3)C2=O)cc(I)c1OC(C)C. The van der Waals surface area contributed by atoms with Crippen molar-refractivity contribution in [2.24, 2.45) is 4.99 Å². The number of benzene rings is 3. The van der Waals surface area contributed by atoms with E-state index in [0.29, 0.717) is 22.4 Å². The summed E-state index contributed by atoms with van der Waals surface area (Å²) in [5.74, 6) is 1.30. The Morgan fingerprint density at radius 2 is 1.61 bits per heavy atom. The smallest absolute Gasteiger partial charge is 0.271 e. The first-order chi connectivity index (χ1) is 18.3. The van der Waals surface area contributed by atoms with Crippen molar-refractivity contribution in [2.45, 2.75) is 53.6 Å². The number of aliphatic imine (C=N–C) groups is 1. The Hall–Kier alpha value is -2.78. The minimum absolute atomic E-state index is 0.0247. The first kappa shape index (κ1) is 28.2. The van der Waals surface area contributed by atoms with E-state index in [1.807, 2.05) is 63.2 Å². The van der Waals surface area contributed by atoms with Gasteiger partial charge in [-0.15, -0.1) is 0 Å². The van der Waals surface area contributed by atoms with E-state index in [1.165, 1.54) is 22.9 Å². The lowest BCUT2D eigenvalue weighted by atomic mass is 10.1. The molecule has 0 spiro atoms. The highest BCUT2D eigenvalue weighted by Crippen LogP contribution is 2.40. The highest BCUT2D eigenvalue weighted by molar-refractivity contribution is 14.1. The van der Waals surface area contributed by atoms with Gasteiger partial charge in [0.2, 0.25) is 0 Å². The van der Waals surface area contributed by atoms with Crippen LogP contribution in [0, 0.1) is 3.57 Å². The van der Waals surface area contributed by atoms with Gasteiger partial charge in [-0.1, -0.05) is 38.1 Å². The molecular formula is C31H33IN2O3S. The normalized spacial score (nSPS) is 15.7. The highest BCUT2D eigenvalue weighted by atomic mass is 127. The van der Waals surface area contributed by atoms with E-state index < -0.39 is 0 Å². The van der Waals surface area contributed by atoms with Gasteiger partial charge in [-0.2, -0.15) is 0 Å². The van der Waals surface area contributed by atoms with E-state index in [4.69, 9.17) is 14.5 Å². The standard InChI is InChI=1S/C31H33IN2O3S/c1-6-21-9-13-24(14-10-21)33-31-34(25-15-11-22(7-2)12-16-25)30(35)28(38-31)19-23-17-26(32)29(37-20(4)5)27(18-23)36-8-3/h9-20H,6-8H2,1-5H3/b28-19-,33-31?. The van der Waals surface area contributed by atoms with Crippen molar-refractivity contribution in [3.63, 3.8) is 0 Å². The van der Waals surface area contributed by atoms with Gasteiger partial charge in [0.05, 0.1) is 32.6 Å². The summed E-state index contributed by atoms with van der Waals surface area (Å²) in [5, 5.41) is 0.634. The molecule has 0 N–H and O–H groups in total. The van der Waals surface area contributed by atoms with Crippen molar-refractivity contribution in [3.8, 4) is 11.5 Å². The first-order valence-electron chi connectivity index (χ1n) is 13.0. The van der Waals surface area contributed by atoms with Crippen LogP contribution in [-0.4, -0.2) is 23.8 Å². The van der Waals surface area contributed by atoms with Crippen molar-refractivity contribution in [2.75, 3.05) is 11.5 Å². The third kappa shape index (κ3) is 6.61. The molecule has 0 unspecified atom stereocenters. The Bertz CT molecular complexity index is 1350. The zero-order chi connectivity index (χ0) is 27.2. The average molecular weight is 641 g/mol. The van der Waals surface area contributed by atoms with Crippen LogP contribution in [-0.2, 0) is 17.6 Å². The van der Waals surface area contributed by atoms with Crippen LogP contribution in [0.25, 0.3) is 6.08 Å². The fraction of sp³-hybridized carbons (Fsp3) is 0.290. The van der Waals surface area contributed by atoms with E-state index in [0.717, 1.165) is 39.1 Å². The van der Waals surface area contributed by atoms with Crippen molar-refractivity contribution in [3.05, 3.63) is 85.8 Å². The predicted octanol–water partition coefficient (Wildman–Crippen LogP) is 8.41. The Morgan fingerprint density at radius 3 is 2.18 bits per heavy atom. The fourth-order valence-electron chi connectivity index (χ4n) is 4.01. The minimum Gasteiger partial charge on any atom is -0.490 e. The van der Waals surface area contributed by atoms with Crippen LogP contribution in [0.2, 0.25) is 0 Å². The number of rotatable bonds is 9. The monoisotopic (exact) mass is 640 g/mol. The first-order valence-corrected chi connectivity index (χ1v) is 14.9. The van der Waals surface area contributed by atoms with Gasteiger partial charge in [-0.25, -0.2) is 4.99 Å². The van der Waals surface area contributed by atoms with Crippen molar-refractivity contribution in [1.82, 2.24) is 0 Å². The number of amidine groups is 1. The maximum atomic E-state index is 13.8. The van der Waals surface area contributed by atoms with Gasteiger partial charge in [0, 0.05) is 0 Å². The number of nitrogens with zero attached hydrogens (tertiary/aromatic N) is 2. The van der Waals surface area contributed by atoms with Crippen LogP contribution in [0.4, 0.5) is 11.4 Å². The lowest BCUT2D eigenvalue weighted by Crippen LogP contribution is -2.28. The lowest BCUT2D eigenvalue weighted by Gasteiger charge is -2.17. The maximum Gasteiger partial charge on any atom is 0.271 e. The molecule has 0 atom stereocenters. The second-order valence-electron chi connectivity index (χ2n) is 9.12. The molecule has 1 fully saturated rings. The summed E-state index contributed by atoms with van der Waals surface area (Å²) in [6.07, 6.45) is 3.84. The van der Waals surface area contributed by atoms with Crippen LogP contribution < -0.4 is 14.4 Å². The fourth-order valence-corrected chi connectivity index (χ4v) is 5.76. The number of anilines is 1. The molecule has 0 bridgehead atoms. The maximum absolute atomic E-state index is 13.8. The van der Waals surface area contributed by atoms with Gasteiger partial charge < -0.3 is 9.47 Å². The summed E-state index contributed by atoms with van der Waals surface area (Å²) < 4.78 is 12.8. The molecule has 7 heteroatoms. The van der Waals surface area contributed by atoms with Crippen LogP contribution in [0.5, 0.6) is 11.5 Å². The summed E-state index contributed by atoms with van der Waals surface area (Å²) in [6, 6.07) is 20.2. The Labute approximate surface area is 243 Å². The molecule has 0 saturated carbocycles. The number of ether oxygens (including phenoxy) is 2. The van der Waals surface area contributed by atoms with E-state index in [2.05, 4.69) is 60.7 Å². The summed E-state index contributed by atoms with van der Waals surface area (Å²) in [7, 11) is 0. The predicted molar refractivity (Wildman–Crippen MR) is 168 cm³/mol. The van der Waals surface area contributed by atoms with Gasteiger partial charge in [-0.05, 0) is 127 Å². The molecule has 3 aromatic carbocycles. The molecule has 0 aromatic heterocycles. The van der Waals surface area contributed by atoms with Gasteiger partial charge >= 0.3 is 0 Å². The van der Waals surface area contributed by atoms with E-state index >= 15 is 0 Å². The van der Waals surface area contributed by atoms with Gasteiger partial charge in [0.1, 0.15) is 0 Å². The molecule has 38 heavy (non-hydrogen) atoms. The Balaban J connectivity index is 1.75. The van der Waals surface area contributed by atoms with E-state index in [1.54, 1.807) is 4.90 Å². The molecular weight excluding hydrogens is 607 g/mol. The van der Waals surface area contributed by atoms with Crippen LogP contribution >= 0.6 is 34.4 Å². The zero-order valence-electron chi connectivity index (χ0n) is 22.5. The zero-order valence-corrected chi connectivity index (χ0v) is 25.4. The van der Waals surface area contributed by atoms with Gasteiger partial charge in [0.15, 0.2) is 16.7 Å². The Morgan fingerprint density at radius 1 is 0.974 bits per heavy atom. The van der Waals surface area contributed by atoms with E-state index in [-0.39, 0.29) is 12.0 Å². The summed E-state index contributed by atoms with van der Waals surface area (Å²) in [5.41, 5.74) is 4.97. The molecule has 0 aliphatic carbocycles. The summed E-state index contributed by atoms with van der Waals surface area (Å²) in [6.45, 7) is 10.7. The van der Waals surface area contributed by atoms with Crippen LogP contribution in [0.1, 0.15) is 51.3 Å². The summed E-state index contributed by atoms with van der Waals surface area (Å²) in [4.78, 5) is 21.0. The third-order valence-electron chi connectivity index (χ3n) is 5.96. The van der Waals surface area contributed by atoms with Gasteiger partial charge in [-0.3, -0.25) is 9.69 Å². The number of halogens is 1. The minimum atomic E-state index is -0.0985. The molecule has 4 rings (SSSR count). The topological polar surface area (TPSA) is 51.1 Å². The van der Waals surface area contributed by atoms with Crippen molar-refractivity contribution in [1.29, 1.82) is 0 Å². The number of hydrogen-bond acceptors (Lipinski definition) is 5. The number of aryl methyl sites for hydroxylation is 2. The molecule has 1 aliphatic heterocycles. The lowest BCUT2D eigenvalue weighted by molar-refractivity contribution is -0.113. The molecule has 5 nitrogen and oxygen atoms in total. The third-order valence-corrected chi connectivity index (χ3v) is 7.73. The molecule has 1 amide bonds. The average Bonchev–Trinajstić information content (AvgIpc) is 3.20.